The van der Waals surface area contributed by atoms with Crippen molar-refractivity contribution in [3.63, 3.8) is 0 Å². The molecule has 1 heteroatoms. The summed E-state index contributed by atoms with van der Waals surface area (Å²) in [7, 11) is 0. The highest BCUT2D eigenvalue weighted by molar-refractivity contribution is 5.38. The van der Waals surface area contributed by atoms with Gasteiger partial charge in [-0.15, -0.1) is 0 Å². The van der Waals surface area contributed by atoms with Gasteiger partial charge in [-0.1, -0.05) is 30.2 Å². The van der Waals surface area contributed by atoms with Crippen LogP contribution in [0.4, 0.5) is 0 Å². The lowest BCUT2D eigenvalue weighted by Crippen LogP contribution is -2.12. The summed E-state index contributed by atoms with van der Waals surface area (Å²) < 4.78 is 0. The second-order valence-electron chi connectivity index (χ2n) is 3.58. The lowest BCUT2D eigenvalue weighted by Gasteiger charge is -2.10. The molecule has 1 N–H and O–H groups in total. The molecule has 1 nitrogen and oxygen atoms in total. The van der Waals surface area contributed by atoms with E-state index < -0.39 is 0 Å². The molecule has 0 spiro atoms. The van der Waals surface area contributed by atoms with Crippen LogP contribution in [0, 0.1) is 19.4 Å². The number of fused-ring (bicyclic) bond motifs is 1. The Labute approximate surface area is 79.2 Å². The van der Waals surface area contributed by atoms with Crippen molar-refractivity contribution in [2.24, 2.45) is 0 Å². The maximum absolute atomic E-state index is 5.24. The summed E-state index contributed by atoms with van der Waals surface area (Å²) in [6.45, 7) is 2.12. The molecular weight excluding hydrogens is 158 g/mol. The predicted molar refractivity (Wildman–Crippen MR) is 54.2 cm³/mol. The van der Waals surface area contributed by atoms with Crippen LogP contribution in [0.5, 0.6) is 0 Å². The lowest BCUT2D eigenvalue weighted by atomic mass is 10.1. The van der Waals surface area contributed by atoms with Gasteiger partial charge >= 0.3 is 0 Å². The van der Waals surface area contributed by atoms with Crippen LogP contribution >= 0.6 is 0 Å². The molecule has 0 amide bonds. The maximum Gasteiger partial charge on any atom is 0.0595 e. The largest absolute Gasteiger partial charge is 0.339 e. The second kappa shape index (κ2) is 3.14. The van der Waals surface area contributed by atoms with Gasteiger partial charge in [0.05, 0.1) is 6.04 Å². The molecule has 1 atom stereocenters. The first kappa shape index (κ1) is 8.19. The number of benzene rings is 1. The molecule has 1 aliphatic rings. The molecule has 0 aliphatic heterocycles. The van der Waals surface area contributed by atoms with Gasteiger partial charge < -0.3 is 5.32 Å². The molecule has 0 aromatic heterocycles. The predicted octanol–water partition coefficient (Wildman–Crippen LogP) is 2.16. The third-order valence-electron chi connectivity index (χ3n) is 2.64. The topological polar surface area (TPSA) is 12.0 Å². The molecule has 0 unspecified atom stereocenters. The van der Waals surface area contributed by atoms with Gasteiger partial charge in [-0.2, -0.15) is 0 Å². The van der Waals surface area contributed by atoms with Crippen molar-refractivity contribution in [3.05, 3.63) is 34.9 Å². The Morgan fingerprint density at radius 3 is 3.15 bits per heavy atom. The number of rotatable bonds is 1. The van der Waals surface area contributed by atoms with E-state index in [9.17, 15) is 0 Å². The fourth-order valence-corrected chi connectivity index (χ4v) is 1.97. The summed E-state index contributed by atoms with van der Waals surface area (Å²) in [6.07, 6.45) is 7.52. The zero-order chi connectivity index (χ0) is 9.26. The summed E-state index contributed by atoms with van der Waals surface area (Å²) >= 11 is 0. The summed E-state index contributed by atoms with van der Waals surface area (Å²) in [6, 6.07) is 9.50. The molecule has 1 aliphatic carbocycles. The highest BCUT2D eigenvalue weighted by atomic mass is 14.9. The van der Waals surface area contributed by atoms with E-state index in [1.54, 1.807) is 0 Å². The quantitative estimate of drug-likeness (QED) is 0.504. The summed E-state index contributed by atoms with van der Waals surface area (Å²) in [5.74, 6) is 0. The Morgan fingerprint density at radius 2 is 2.38 bits per heavy atom. The average Bonchev–Trinajstić information content (AvgIpc) is 2.49. The molecule has 0 heterocycles. The first-order chi connectivity index (χ1) is 6.31. The minimum Gasteiger partial charge on any atom is -0.339 e. The highest BCUT2D eigenvalue weighted by Crippen LogP contribution is 2.31. The molecule has 0 radical (unpaired) electrons. The molecule has 0 bridgehead atoms. The third-order valence-corrected chi connectivity index (χ3v) is 2.64. The Bertz CT molecular complexity index is 360. The van der Waals surface area contributed by atoms with E-state index in [0.29, 0.717) is 6.04 Å². The lowest BCUT2D eigenvalue weighted by molar-refractivity contribution is 0.630. The first-order valence-electron chi connectivity index (χ1n) is 4.62. The van der Waals surface area contributed by atoms with Crippen molar-refractivity contribution in [1.82, 2.24) is 5.32 Å². The van der Waals surface area contributed by atoms with E-state index in [-0.39, 0.29) is 0 Å². The normalized spacial score (nSPS) is 19.2. The molecule has 0 fully saturated rings. The Kier molecular flexibility index (Phi) is 1.98. The number of terminal acetylenes is 1. The van der Waals surface area contributed by atoms with Gasteiger partial charge in [0, 0.05) is 6.04 Å². The Balaban J connectivity index is 2.36. The number of nitrogens with one attached hydrogen (secondary N) is 1. The first-order valence-corrected chi connectivity index (χ1v) is 4.62. The van der Waals surface area contributed by atoms with E-state index in [1.165, 1.54) is 16.7 Å². The van der Waals surface area contributed by atoms with Crippen LogP contribution in [0.3, 0.4) is 0 Å². The molecule has 1 aromatic carbocycles. The van der Waals surface area contributed by atoms with Gasteiger partial charge in [0.25, 0.3) is 0 Å². The van der Waals surface area contributed by atoms with Crippen LogP contribution in [0.1, 0.15) is 29.2 Å². The van der Waals surface area contributed by atoms with E-state index >= 15 is 0 Å². The molecule has 1 aromatic rings. The fourth-order valence-electron chi connectivity index (χ4n) is 1.97. The van der Waals surface area contributed by atoms with Crippen molar-refractivity contribution in [2.75, 3.05) is 0 Å². The number of aryl methyl sites for hydroxylation is 2. The van der Waals surface area contributed by atoms with E-state index in [2.05, 4.69) is 36.5 Å². The minimum absolute atomic E-state index is 0.375. The van der Waals surface area contributed by atoms with Gasteiger partial charge in [-0.25, -0.2) is 0 Å². The Hall–Kier alpha value is -1.42. The van der Waals surface area contributed by atoms with Crippen molar-refractivity contribution < 1.29 is 0 Å². The molecule has 0 saturated heterocycles. The molecular formula is C12H13N. The smallest absolute Gasteiger partial charge is 0.0595 e. The van der Waals surface area contributed by atoms with Gasteiger partial charge in [-0.3, -0.25) is 0 Å². The fraction of sp³-hybridized carbons (Fsp3) is 0.333. The number of hydrogen-bond donors (Lipinski definition) is 1. The van der Waals surface area contributed by atoms with Crippen molar-refractivity contribution >= 4 is 0 Å². The van der Waals surface area contributed by atoms with Crippen molar-refractivity contribution in [1.29, 1.82) is 0 Å². The minimum atomic E-state index is 0.375. The van der Waals surface area contributed by atoms with Crippen LogP contribution in [-0.2, 0) is 6.42 Å². The van der Waals surface area contributed by atoms with Crippen LogP contribution in [0.15, 0.2) is 18.2 Å². The van der Waals surface area contributed by atoms with Gasteiger partial charge in [0.15, 0.2) is 0 Å². The zero-order valence-corrected chi connectivity index (χ0v) is 7.80. The van der Waals surface area contributed by atoms with Crippen molar-refractivity contribution in [2.45, 2.75) is 25.8 Å². The zero-order valence-electron chi connectivity index (χ0n) is 7.80. The summed E-state index contributed by atoms with van der Waals surface area (Å²) in [5.41, 5.74) is 4.14. The van der Waals surface area contributed by atoms with Gasteiger partial charge in [0.1, 0.15) is 0 Å². The van der Waals surface area contributed by atoms with E-state index in [0.717, 1.165) is 12.8 Å². The molecule has 2 rings (SSSR count). The van der Waals surface area contributed by atoms with Crippen LogP contribution < -0.4 is 5.32 Å². The number of hydrogen-bond acceptors (Lipinski definition) is 1. The SMILES string of the molecule is C#CN[C@@H]1CCc2ccc(C)cc21. The van der Waals surface area contributed by atoms with Crippen LogP contribution in [-0.4, -0.2) is 0 Å². The Morgan fingerprint density at radius 1 is 1.54 bits per heavy atom. The van der Waals surface area contributed by atoms with Crippen molar-refractivity contribution in [3.8, 4) is 12.5 Å². The maximum atomic E-state index is 5.24. The van der Waals surface area contributed by atoms with Crippen LogP contribution in [0.2, 0.25) is 0 Å². The summed E-state index contributed by atoms with van der Waals surface area (Å²) in [4.78, 5) is 0. The highest BCUT2D eigenvalue weighted by Gasteiger charge is 2.20. The molecule has 13 heavy (non-hydrogen) atoms. The van der Waals surface area contributed by atoms with Crippen LogP contribution in [0.25, 0.3) is 0 Å². The molecule has 66 valence electrons. The average molecular weight is 171 g/mol. The second-order valence-corrected chi connectivity index (χ2v) is 3.58. The molecule has 0 saturated carbocycles. The third kappa shape index (κ3) is 1.40. The van der Waals surface area contributed by atoms with Gasteiger partial charge in [0.2, 0.25) is 0 Å². The van der Waals surface area contributed by atoms with Gasteiger partial charge in [-0.05, 0) is 30.9 Å². The standard InChI is InChI=1S/C12H13N/c1-3-13-12-7-6-10-5-4-9(2)8-11(10)12/h1,4-5,8,12-13H,6-7H2,2H3/t12-/m1/s1. The monoisotopic (exact) mass is 171 g/mol. The summed E-state index contributed by atoms with van der Waals surface area (Å²) in [5, 5.41) is 3.06. The van der Waals surface area contributed by atoms with E-state index in [1.807, 2.05) is 0 Å². The van der Waals surface area contributed by atoms with E-state index in [4.69, 9.17) is 6.42 Å².